The second-order valence-electron chi connectivity index (χ2n) is 8.68. The fourth-order valence-electron chi connectivity index (χ4n) is 4.50. The van der Waals surface area contributed by atoms with Crippen molar-refractivity contribution in [3.05, 3.63) is 68.6 Å². The average molecular weight is 547 g/mol. The highest BCUT2D eigenvalue weighted by Crippen LogP contribution is 2.43. The number of aromatic nitrogens is 1. The van der Waals surface area contributed by atoms with Crippen molar-refractivity contribution in [2.45, 2.75) is 52.9 Å². The number of hydrogen-bond donors (Lipinski definition) is 2. The van der Waals surface area contributed by atoms with Crippen LogP contribution < -0.4 is 5.32 Å². The number of carbonyl (C=O) groups is 2. The van der Waals surface area contributed by atoms with Gasteiger partial charge in [-0.25, -0.2) is 9.78 Å². The minimum absolute atomic E-state index is 0.191. The smallest absolute Gasteiger partial charge is 0.459 e. The van der Waals surface area contributed by atoms with E-state index in [4.69, 9.17) is 9.47 Å². The molecule has 3 rings (SSSR count). The Morgan fingerprint density at radius 3 is 2.51 bits per heavy atom. The summed E-state index contributed by atoms with van der Waals surface area (Å²) < 4.78 is 16.4. The number of benzene rings is 1. The summed E-state index contributed by atoms with van der Waals surface area (Å²) in [6, 6.07) is 7.52. The molecule has 0 aliphatic heterocycles. The normalized spacial score (nSPS) is 18.3. The van der Waals surface area contributed by atoms with Crippen LogP contribution >= 0.6 is 15.9 Å². The molecule has 0 radical (unpaired) electrons. The SMILES string of the molecule is COC(=O)OC(C)OC1=C(c2c(C)cc(C)cc2C)C(O)C(CCNC(=O)c2ccc(Br)cn2)C1. The number of nitrogens with one attached hydrogen (secondary N) is 1. The Morgan fingerprint density at radius 1 is 1.23 bits per heavy atom. The molecule has 1 aromatic heterocycles. The van der Waals surface area contributed by atoms with Crippen molar-refractivity contribution in [1.82, 2.24) is 10.3 Å². The lowest BCUT2D eigenvalue weighted by Crippen LogP contribution is -2.28. The molecule has 1 heterocycles. The van der Waals surface area contributed by atoms with Crippen LogP contribution in [0.5, 0.6) is 0 Å². The zero-order valence-electron chi connectivity index (χ0n) is 20.6. The molecule has 1 amide bonds. The number of ether oxygens (including phenoxy) is 3. The molecule has 1 aliphatic rings. The third-order valence-corrected chi connectivity index (χ3v) is 6.40. The fraction of sp³-hybridized carbons (Fsp3) is 0.423. The minimum atomic E-state index is -0.896. The van der Waals surface area contributed by atoms with Crippen LogP contribution in [0.1, 0.15) is 52.5 Å². The lowest BCUT2D eigenvalue weighted by Gasteiger charge is -2.21. The van der Waals surface area contributed by atoms with Crippen molar-refractivity contribution in [3.8, 4) is 0 Å². The number of amides is 1. The number of aryl methyl sites for hydroxylation is 3. The molecule has 0 fully saturated rings. The predicted molar refractivity (Wildman–Crippen MR) is 135 cm³/mol. The van der Waals surface area contributed by atoms with E-state index in [0.29, 0.717) is 36.4 Å². The molecule has 0 spiro atoms. The number of hydrogen-bond acceptors (Lipinski definition) is 7. The van der Waals surface area contributed by atoms with E-state index in [2.05, 4.69) is 43.1 Å². The molecule has 3 atom stereocenters. The Balaban J connectivity index is 1.77. The van der Waals surface area contributed by atoms with Crippen LogP contribution in [-0.2, 0) is 14.2 Å². The lowest BCUT2D eigenvalue weighted by molar-refractivity contribution is -0.0822. The maximum absolute atomic E-state index is 12.4. The van der Waals surface area contributed by atoms with Crippen LogP contribution in [0.2, 0.25) is 0 Å². The van der Waals surface area contributed by atoms with E-state index in [1.165, 1.54) is 7.11 Å². The van der Waals surface area contributed by atoms with Gasteiger partial charge in [-0.2, -0.15) is 0 Å². The van der Waals surface area contributed by atoms with Crippen LogP contribution in [0.3, 0.4) is 0 Å². The first-order valence-electron chi connectivity index (χ1n) is 11.4. The molecule has 3 unspecified atom stereocenters. The van der Waals surface area contributed by atoms with Gasteiger partial charge in [0.2, 0.25) is 6.29 Å². The van der Waals surface area contributed by atoms with Crippen LogP contribution in [-0.4, -0.2) is 48.2 Å². The third-order valence-electron chi connectivity index (χ3n) is 5.93. The number of pyridine rings is 1. The highest BCUT2D eigenvalue weighted by atomic mass is 79.9. The van der Waals surface area contributed by atoms with E-state index in [-0.39, 0.29) is 11.8 Å². The number of aliphatic hydroxyl groups is 1. The Morgan fingerprint density at radius 2 is 1.91 bits per heavy atom. The van der Waals surface area contributed by atoms with Gasteiger partial charge in [-0.1, -0.05) is 17.7 Å². The van der Waals surface area contributed by atoms with Gasteiger partial charge in [-0.05, 0) is 77.9 Å². The van der Waals surface area contributed by atoms with Gasteiger partial charge in [-0.15, -0.1) is 0 Å². The van der Waals surface area contributed by atoms with E-state index < -0.39 is 18.5 Å². The lowest BCUT2D eigenvalue weighted by atomic mass is 9.89. The minimum Gasteiger partial charge on any atom is -0.459 e. The van der Waals surface area contributed by atoms with Gasteiger partial charge in [0.15, 0.2) is 0 Å². The molecule has 8 nitrogen and oxygen atoms in total. The monoisotopic (exact) mass is 546 g/mol. The van der Waals surface area contributed by atoms with Crippen molar-refractivity contribution in [3.63, 3.8) is 0 Å². The van der Waals surface area contributed by atoms with Crippen molar-refractivity contribution in [2.24, 2.45) is 5.92 Å². The zero-order chi connectivity index (χ0) is 25.7. The predicted octanol–water partition coefficient (Wildman–Crippen LogP) is 4.83. The standard InChI is InChI=1S/C26H31BrN2O6/c1-14-10-15(2)22(16(3)11-14)23-21(34-17(4)35-26(32)33-5)12-18(24(23)30)8-9-28-25(31)20-7-6-19(27)13-29-20/h6-7,10-11,13,17-18,24,30H,8-9,12H2,1-5H3,(H,28,31). The van der Waals surface area contributed by atoms with Crippen LogP contribution in [0.25, 0.3) is 5.57 Å². The highest BCUT2D eigenvalue weighted by Gasteiger charge is 2.37. The fourth-order valence-corrected chi connectivity index (χ4v) is 4.74. The third kappa shape index (κ3) is 6.61. The first kappa shape index (κ1) is 26.7. The van der Waals surface area contributed by atoms with Crippen molar-refractivity contribution in [2.75, 3.05) is 13.7 Å². The van der Waals surface area contributed by atoms with Gasteiger partial charge in [0.05, 0.1) is 13.2 Å². The molecule has 2 aromatic rings. The van der Waals surface area contributed by atoms with E-state index in [9.17, 15) is 14.7 Å². The quantitative estimate of drug-likeness (QED) is 0.360. The van der Waals surface area contributed by atoms with Gasteiger partial charge < -0.3 is 24.6 Å². The maximum Gasteiger partial charge on any atom is 0.511 e. The number of halogens is 1. The number of carbonyl (C=O) groups excluding carboxylic acids is 2. The Hall–Kier alpha value is -2.91. The topological polar surface area (TPSA) is 107 Å². The molecule has 188 valence electrons. The molecule has 0 saturated heterocycles. The van der Waals surface area contributed by atoms with Crippen LogP contribution in [0.4, 0.5) is 4.79 Å². The zero-order valence-corrected chi connectivity index (χ0v) is 22.1. The van der Waals surface area contributed by atoms with Gasteiger partial charge in [0, 0.05) is 36.1 Å². The summed E-state index contributed by atoms with van der Waals surface area (Å²) in [6.07, 6.45) is -0.0211. The van der Waals surface area contributed by atoms with Gasteiger partial charge in [0.25, 0.3) is 5.91 Å². The first-order valence-corrected chi connectivity index (χ1v) is 12.2. The molecule has 9 heteroatoms. The summed E-state index contributed by atoms with van der Waals surface area (Å²) in [6.45, 7) is 7.98. The Bertz CT molecular complexity index is 1090. The Labute approximate surface area is 213 Å². The number of aliphatic hydroxyl groups excluding tert-OH is 1. The molecule has 1 aromatic carbocycles. The van der Waals surface area contributed by atoms with E-state index in [1.54, 1.807) is 25.3 Å². The van der Waals surface area contributed by atoms with E-state index in [0.717, 1.165) is 26.7 Å². The maximum atomic E-state index is 12.4. The van der Waals surface area contributed by atoms with E-state index >= 15 is 0 Å². The number of rotatable bonds is 8. The number of allylic oxidation sites excluding steroid dienone is 1. The second kappa shape index (κ2) is 11.7. The number of methoxy groups -OCH3 is 1. The summed E-state index contributed by atoms with van der Waals surface area (Å²) in [4.78, 5) is 28.0. The number of nitrogens with zero attached hydrogens (tertiary/aromatic N) is 1. The molecule has 35 heavy (non-hydrogen) atoms. The van der Waals surface area contributed by atoms with Gasteiger partial charge in [-0.3, -0.25) is 4.79 Å². The summed E-state index contributed by atoms with van der Waals surface area (Å²) >= 11 is 3.30. The molecule has 2 N–H and O–H groups in total. The summed E-state index contributed by atoms with van der Waals surface area (Å²) in [5, 5.41) is 14.2. The van der Waals surface area contributed by atoms with Gasteiger partial charge >= 0.3 is 6.16 Å². The Kier molecular flexibility index (Phi) is 8.91. The molecular weight excluding hydrogens is 516 g/mol. The largest absolute Gasteiger partial charge is 0.511 e. The van der Waals surface area contributed by atoms with Crippen molar-refractivity contribution < 1.29 is 28.9 Å². The molecular formula is C26H31BrN2O6. The first-order chi connectivity index (χ1) is 16.6. The summed E-state index contributed by atoms with van der Waals surface area (Å²) in [7, 11) is 1.23. The summed E-state index contributed by atoms with van der Waals surface area (Å²) in [5.74, 6) is 0.0958. The van der Waals surface area contributed by atoms with Crippen LogP contribution in [0, 0.1) is 26.7 Å². The molecule has 0 saturated carbocycles. The van der Waals surface area contributed by atoms with Crippen molar-refractivity contribution >= 4 is 33.6 Å². The second-order valence-corrected chi connectivity index (χ2v) is 9.60. The average Bonchev–Trinajstić information content (AvgIpc) is 3.08. The highest BCUT2D eigenvalue weighted by molar-refractivity contribution is 9.10. The van der Waals surface area contributed by atoms with E-state index in [1.807, 2.05) is 20.8 Å². The van der Waals surface area contributed by atoms with Crippen molar-refractivity contribution in [1.29, 1.82) is 0 Å². The van der Waals surface area contributed by atoms with Gasteiger partial charge in [0.1, 0.15) is 11.5 Å². The molecule has 0 bridgehead atoms. The van der Waals surface area contributed by atoms with Crippen LogP contribution in [0.15, 0.2) is 40.7 Å². The summed E-state index contributed by atoms with van der Waals surface area (Å²) in [5.41, 5.74) is 5.11. The molecule has 1 aliphatic carbocycles.